The highest BCUT2D eigenvalue weighted by molar-refractivity contribution is 7.61. The Kier molecular flexibility index (Phi) is 2.78. The molecule has 0 unspecified atom stereocenters. The highest BCUT2D eigenvalue weighted by atomic mass is 32.2. The predicted octanol–water partition coefficient (Wildman–Crippen LogP) is -0.866. The van der Waals surface area contributed by atoms with Gasteiger partial charge in [0.2, 0.25) is 0 Å². The first-order valence-corrected chi connectivity index (χ1v) is 2.65. The van der Waals surface area contributed by atoms with Crippen molar-refractivity contribution in [1.29, 1.82) is 0 Å². The van der Waals surface area contributed by atoms with Crippen molar-refractivity contribution in [3.63, 3.8) is 0 Å². The molecule has 0 heterocycles. The average molecular weight is 137 g/mol. The van der Waals surface area contributed by atoms with Gasteiger partial charge in [0.15, 0.2) is 6.54 Å². The number of carboxylic acids is 1. The number of carboxylic acid groups (broad SMARTS) is 1. The van der Waals surface area contributed by atoms with Crippen LogP contribution in [0.2, 0.25) is 0 Å². The molecule has 5 nitrogen and oxygen atoms in total. The van der Waals surface area contributed by atoms with Gasteiger partial charge < -0.3 is 5.11 Å². The lowest BCUT2D eigenvalue weighted by Crippen LogP contribution is -1.97. The second kappa shape index (κ2) is 3.14. The van der Waals surface area contributed by atoms with Crippen LogP contribution in [-0.2, 0) is 15.3 Å². The largest absolute Gasteiger partial charge is 0.480 e. The lowest BCUT2D eigenvalue weighted by Gasteiger charge is -1.74. The maximum absolute atomic E-state index is 9.54. The fourth-order valence-electron chi connectivity index (χ4n) is 0.108. The van der Waals surface area contributed by atoms with Crippen LogP contribution in [0.25, 0.3) is 0 Å². The quantitative estimate of drug-likeness (QED) is 0.536. The molecule has 0 atom stereocenters. The number of carbonyl (C=O) groups is 1. The van der Waals surface area contributed by atoms with E-state index in [9.17, 15) is 13.2 Å². The summed E-state index contributed by atoms with van der Waals surface area (Å²) in [7, 11) is -2.59. The number of hydrogen-bond donors (Lipinski definition) is 1. The molecule has 0 spiro atoms. The fraction of sp³-hybridized carbons (Fsp3) is 0.500. The number of rotatable bonds is 2. The van der Waals surface area contributed by atoms with Crippen molar-refractivity contribution in [2.24, 2.45) is 4.36 Å². The van der Waals surface area contributed by atoms with Gasteiger partial charge in [-0.15, -0.1) is 0 Å². The van der Waals surface area contributed by atoms with Gasteiger partial charge in [0.1, 0.15) is 0 Å². The first-order chi connectivity index (χ1) is 3.63. The first-order valence-electron chi connectivity index (χ1n) is 1.61. The molecule has 0 saturated heterocycles. The van der Waals surface area contributed by atoms with E-state index in [4.69, 9.17) is 5.11 Å². The number of aliphatic carboxylic acids is 1. The van der Waals surface area contributed by atoms with Gasteiger partial charge in [-0.3, -0.25) is 4.79 Å². The fourth-order valence-corrected chi connectivity index (χ4v) is 0.324. The third kappa shape index (κ3) is 5.09. The summed E-state index contributed by atoms with van der Waals surface area (Å²) in [5.74, 6) is -1.26. The van der Waals surface area contributed by atoms with Gasteiger partial charge >= 0.3 is 16.5 Å². The van der Waals surface area contributed by atoms with Gasteiger partial charge in [-0.05, 0) is 0 Å². The van der Waals surface area contributed by atoms with E-state index in [2.05, 4.69) is 4.36 Å². The van der Waals surface area contributed by atoms with E-state index in [0.717, 1.165) is 0 Å². The molecule has 1 N–H and O–H groups in total. The third-order valence-electron chi connectivity index (χ3n) is 0.305. The molecule has 0 aromatic carbocycles. The highest BCUT2D eigenvalue weighted by Crippen LogP contribution is 1.65. The molecular weight excluding hydrogens is 134 g/mol. The van der Waals surface area contributed by atoms with Crippen molar-refractivity contribution in [2.45, 2.75) is 0 Å². The van der Waals surface area contributed by atoms with Crippen LogP contribution >= 0.6 is 0 Å². The molecule has 0 aromatic heterocycles. The Morgan fingerprint density at radius 2 is 2.12 bits per heavy atom. The van der Waals surface area contributed by atoms with E-state index in [1.54, 1.807) is 0 Å². The van der Waals surface area contributed by atoms with Crippen molar-refractivity contribution in [3.05, 3.63) is 0 Å². The van der Waals surface area contributed by atoms with Gasteiger partial charge in [0, 0.05) is 0 Å². The standard InChI is InChI=1S/C2H3NO4S/c4-2(5)1-3-8(6)7/h1H2,(H,4,5). The zero-order valence-electron chi connectivity index (χ0n) is 3.73. The Labute approximate surface area is 46.7 Å². The summed E-state index contributed by atoms with van der Waals surface area (Å²) < 4.78 is 21.6. The maximum atomic E-state index is 9.54. The van der Waals surface area contributed by atoms with Crippen LogP contribution in [0.4, 0.5) is 0 Å². The maximum Gasteiger partial charge on any atom is 0.326 e. The molecule has 0 bridgehead atoms. The van der Waals surface area contributed by atoms with E-state index in [0.29, 0.717) is 0 Å². The zero-order chi connectivity index (χ0) is 6.57. The monoisotopic (exact) mass is 137 g/mol. The van der Waals surface area contributed by atoms with Crippen LogP contribution in [0.3, 0.4) is 0 Å². The Morgan fingerprint density at radius 1 is 1.62 bits per heavy atom. The van der Waals surface area contributed by atoms with E-state index < -0.39 is 23.0 Å². The highest BCUT2D eigenvalue weighted by Gasteiger charge is 1.89. The summed E-state index contributed by atoms with van der Waals surface area (Å²) in [4.78, 5) is 9.54. The van der Waals surface area contributed by atoms with Crippen molar-refractivity contribution in [1.82, 2.24) is 0 Å². The molecule has 8 heavy (non-hydrogen) atoms. The van der Waals surface area contributed by atoms with E-state index >= 15 is 0 Å². The van der Waals surface area contributed by atoms with E-state index in [1.807, 2.05) is 0 Å². The number of nitrogens with zero attached hydrogens (tertiary/aromatic N) is 1. The third-order valence-corrected chi connectivity index (χ3v) is 0.645. The van der Waals surface area contributed by atoms with E-state index in [1.165, 1.54) is 0 Å². The molecule has 6 heteroatoms. The topological polar surface area (TPSA) is 83.8 Å². The second-order valence-electron chi connectivity index (χ2n) is 0.898. The summed E-state index contributed by atoms with van der Waals surface area (Å²) in [6.45, 7) is -0.684. The summed E-state index contributed by atoms with van der Waals surface area (Å²) in [6.07, 6.45) is 0. The Bertz CT molecular complexity index is 194. The molecule has 0 aliphatic rings. The molecule has 0 amide bonds. The van der Waals surface area contributed by atoms with E-state index in [-0.39, 0.29) is 0 Å². The van der Waals surface area contributed by atoms with Gasteiger partial charge in [0.25, 0.3) is 0 Å². The minimum absolute atomic E-state index is 0.684. The molecule has 0 rings (SSSR count). The Hall–Kier alpha value is -0.910. The second-order valence-corrected chi connectivity index (χ2v) is 1.59. The normalized spacial score (nSPS) is 8.00. The van der Waals surface area contributed by atoms with Crippen LogP contribution in [0.15, 0.2) is 4.36 Å². The van der Waals surface area contributed by atoms with Crippen LogP contribution in [0.5, 0.6) is 0 Å². The lowest BCUT2D eigenvalue weighted by atomic mass is 10.7. The van der Waals surface area contributed by atoms with Crippen LogP contribution < -0.4 is 0 Å². The van der Waals surface area contributed by atoms with Crippen molar-refractivity contribution in [2.75, 3.05) is 6.54 Å². The van der Waals surface area contributed by atoms with Gasteiger partial charge in [-0.25, -0.2) is 0 Å². The molecule has 0 aliphatic carbocycles. The first kappa shape index (κ1) is 7.09. The summed E-state index contributed by atoms with van der Waals surface area (Å²) in [5.41, 5.74) is 0. The summed E-state index contributed by atoms with van der Waals surface area (Å²) in [5, 5.41) is 7.80. The minimum atomic E-state index is -2.59. The van der Waals surface area contributed by atoms with Crippen molar-refractivity contribution >= 4 is 16.5 Å². The van der Waals surface area contributed by atoms with Gasteiger partial charge in [-0.2, -0.15) is 12.8 Å². The Morgan fingerprint density at radius 3 is 2.25 bits per heavy atom. The summed E-state index contributed by atoms with van der Waals surface area (Å²) in [6, 6.07) is 0. The molecule has 46 valence electrons. The molecular formula is C2H3NO4S. The molecule has 0 aliphatic heterocycles. The van der Waals surface area contributed by atoms with Crippen molar-refractivity contribution in [3.8, 4) is 0 Å². The molecule has 0 radical (unpaired) electrons. The average Bonchev–Trinajstić information content (AvgIpc) is 1.61. The van der Waals surface area contributed by atoms with Gasteiger partial charge in [-0.1, -0.05) is 0 Å². The predicted molar refractivity (Wildman–Crippen MR) is 23.9 cm³/mol. The van der Waals surface area contributed by atoms with Crippen LogP contribution in [0.1, 0.15) is 0 Å². The lowest BCUT2D eigenvalue weighted by molar-refractivity contribution is -0.135. The molecule has 0 fully saturated rings. The van der Waals surface area contributed by atoms with Crippen LogP contribution in [0, 0.1) is 0 Å². The molecule has 0 saturated carbocycles. The summed E-state index contributed by atoms with van der Waals surface area (Å²) >= 11 is 0. The Balaban J connectivity index is 3.81. The van der Waals surface area contributed by atoms with Crippen LogP contribution in [-0.4, -0.2) is 26.0 Å². The minimum Gasteiger partial charge on any atom is -0.480 e. The number of hydrogen-bond acceptors (Lipinski definition) is 4. The zero-order valence-corrected chi connectivity index (χ0v) is 4.55. The van der Waals surface area contributed by atoms with Crippen molar-refractivity contribution < 1.29 is 18.3 Å². The SMILES string of the molecule is O=C(O)CN=S(=O)=O. The smallest absolute Gasteiger partial charge is 0.326 e. The van der Waals surface area contributed by atoms with Gasteiger partial charge in [0.05, 0.1) is 0 Å². The molecule has 0 aromatic rings.